The van der Waals surface area contributed by atoms with Crippen molar-refractivity contribution in [3.63, 3.8) is 0 Å². The van der Waals surface area contributed by atoms with Crippen molar-refractivity contribution in [2.75, 3.05) is 17.3 Å². The van der Waals surface area contributed by atoms with Gasteiger partial charge >= 0.3 is 0 Å². The van der Waals surface area contributed by atoms with Gasteiger partial charge in [0.15, 0.2) is 0 Å². The first-order chi connectivity index (χ1) is 16.7. The van der Waals surface area contributed by atoms with Gasteiger partial charge in [-0.15, -0.1) is 0 Å². The molecule has 1 atom stereocenters. The van der Waals surface area contributed by atoms with Crippen LogP contribution in [0.5, 0.6) is 5.75 Å². The molecule has 35 heavy (non-hydrogen) atoms. The molecule has 0 aliphatic carbocycles. The van der Waals surface area contributed by atoms with Gasteiger partial charge in [0.2, 0.25) is 5.91 Å². The van der Waals surface area contributed by atoms with Crippen LogP contribution in [0.3, 0.4) is 0 Å². The Bertz CT molecular complexity index is 1380. The lowest BCUT2D eigenvalue weighted by Gasteiger charge is -2.26. The topological polar surface area (TPSA) is 95.9 Å². The number of methoxy groups -OCH3 is 1. The van der Waals surface area contributed by atoms with Crippen LogP contribution >= 0.6 is 0 Å². The summed E-state index contributed by atoms with van der Waals surface area (Å²) in [7, 11) is 1.53. The van der Waals surface area contributed by atoms with E-state index in [2.05, 4.69) is 5.32 Å². The summed E-state index contributed by atoms with van der Waals surface area (Å²) in [5.74, 6) is -1.53. The molecule has 0 aromatic heterocycles. The maximum Gasteiger partial charge on any atom is 0.300 e. The largest absolute Gasteiger partial charge is 0.507 e. The summed E-state index contributed by atoms with van der Waals surface area (Å²) in [5, 5.41) is 14.0. The van der Waals surface area contributed by atoms with Gasteiger partial charge in [0.1, 0.15) is 11.5 Å². The number of nitrogens with one attached hydrogen (secondary N) is 1. The molecule has 178 valence electrons. The Morgan fingerprint density at radius 1 is 0.971 bits per heavy atom. The second-order valence-corrected chi connectivity index (χ2v) is 8.48. The first kappa shape index (κ1) is 23.8. The van der Waals surface area contributed by atoms with Crippen molar-refractivity contribution in [2.24, 2.45) is 0 Å². The smallest absolute Gasteiger partial charge is 0.300 e. The summed E-state index contributed by atoms with van der Waals surface area (Å²) in [6, 6.07) is 18.2. The number of carbonyl (C=O) groups is 3. The zero-order valence-electron chi connectivity index (χ0n) is 20.0. The van der Waals surface area contributed by atoms with Gasteiger partial charge in [0.25, 0.3) is 11.7 Å². The van der Waals surface area contributed by atoms with Gasteiger partial charge in [-0.05, 0) is 66.9 Å². The molecular weight excluding hydrogens is 444 g/mol. The van der Waals surface area contributed by atoms with E-state index in [1.807, 2.05) is 19.9 Å². The average Bonchev–Trinajstić information content (AvgIpc) is 3.10. The fraction of sp³-hybridized carbons (Fsp3) is 0.179. The van der Waals surface area contributed by atoms with Crippen LogP contribution in [0.4, 0.5) is 11.4 Å². The maximum atomic E-state index is 13.4. The van der Waals surface area contributed by atoms with E-state index >= 15 is 0 Å². The zero-order valence-corrected chi connectivity index (χ0v) is 20.0. The van der Waals surface area contributed by atoms with Crippen LogP contribution in [0.15, 0.2) is 72.3 Å². The van der Waals surface area contributed by atoms with Crippen molar-refractivity contribution >= 4 is 34.7 Å². The Kier molecular flexibility index (Phi) is 6.42. The summed E-state index contributed by atoms with van der Waals surface area (Å²) in [5.41, 5.74) is 3.91. The SMILES string of the molecule is COc1cccc(C2/C(=C(\O)c3ccc(C)c(C)c3)C(=O)C(=O)N2c2cccc(NC(C)=O)c2)c1. The van der Waals surface area contributed by atoms with Gasteiger partial charge in [-0.25, -0.2) is 0 Å². The molecule has 0 bridgehead atoms. The lowest BCUT2D eigenvalue weighted by Crippen LogP contribution is -2.29. The van der Waals surface area contributed by atoms with Gasteiger partial charge in [-0.2, -0.15) is 0 Å². The van der Waals surface area contributed by atoms with Gasteiger partial charge in [-0.3, -0.25) is 19.3 Å². The second kappa shape index (κ2) is 9.46. The Morgan fingerprint density at radius 3 is 2.40 bits per heavy atom. The highest BCUT2D eigenvalue weighted by molar-refractivity contribution is 6.51. The van der Waals surface area contributed by atoms with Gasteiger partial charge < -0.3 is 15.2 Å². The van der Waals surface area contributed by atoms with Crippen LogP contribution in [0, 0.1) is 13.8 Å². The fourth-order valence-corrected chi connectivity index (χ4v) is 4.21. The van der Waals surface area contributed by atoms with E-state index in [0.29, 0.717) is 28.3 Å². The molecule has 7 nitrogen and oxygen atoms in total. The number of Topliss-reactive ketones (excluding diaryl/α,β-unsaturated/α-hetero) is 1. The summed E-state index contributed by atoms with van der Waals surface area (Å²) in [6.07, 6.45) is 0. The number of benzene rings is 3. The quantitative estimate of drug-likeness (QED) is 0.314. The molecule has 0 saturated carbocycles. The van der Waals surface area contributed by atoms with Crippen molar-refractivity contribution in [1.82, 2.24) is 0 Å². The molecule has 2 N–H and O–H groups in total. The first-order valence-electron chi connectivity index (χ1n) is 11.1. The summed E-state index contributed by atoms with van der Waals surface area (Å²) < 4.78 is 5.37. The number of hydrogen-bond acceptors (Lipinski definition) is 5. The molecule has 1 aliphatic heterocycles. The van der Waals surface area contributed by atoms with Crippen molar-refractivity contribution in [2.45, 2.75) is 26.8 Å². The molecule has 7 heteroatoms. The Hall–Kier alpha value is -4.39. The number of anilines is 2. The normalized spacial score (nSPS) is 16.9. The number of nitrogens with zero attached hydrogens (tertiary/aromatic N) is 1. The molecular formula is C28H26N2O5. The molecule has 1 unspecified atom stereocenters. The minimum atomic E-state index is -0.903. The molecule has 0 radical (unpaired) electrons. The molecule has 1 aliphatic rings. The van der Waals surface area contributed by atoms with Gasteiger partial charge in [-0.1, -0.05) is 30.3 Å². The number of ether oxygens (including phenoxy) is 1. The molecule has 1 saturated heterocycles. The Balaban J connectivity index is 1.94. The van der Waals surface area contributed by atoms with E-state index in [1.165, 1.54) is 18.9 Å². The molecule has 4 rings (SSSR count). The van der Waals surface area contributed by atoms with Crippen molar-refractivity contribution in [3.8, 4) is 5.75 Å². The van der Waals surface area contributed by atoms with Crippen LogP contribution in [-0.2, 0) is 14.4 Å². The predicted octanol–water partition coefficient (Wildman–Crippen LogP) is 4.90. The van der Waals surface area contributed by atoms with E-state index in [9.17, 15) is 19.5 Å². The number of aryl methyl sites for hydroxylation is 2. The second-order valence-electron chi connectivity index (χ2n) is 8.48. The minimum absolute atomic E-state index is 0.0172. The average molecular weight is 471 g/mol. The number of ketones is 1. The Morgan fingerprint density at radius 2 is 1.71 bits per heavy atom. The predicted molar refractivity (Wildman–Crippen MR) is 134 cm³/mol. The van der Waals surface area contributed by atoms with E-state index in [-0.39, 0.29) is 17.2 Å². The molecule has 2 amide bonds. The third kappa shape index (κ3) is 4.53. The minimum Gasteiger partial charge on any atom is -0.507 e. The molecule has 0 spiro atoms. The lowest BCUT2D eigenvalue weighted by atomic mass is 9.94. The highest BCUT2D eigenvalue weighted by Gasteiger charge is 2.47. The highest BCUT2D eigenvalue weighted by atomic mass is 16.5. The summed E-state index contributed by atoms with van der Waals surface area (Å²) >= 11 is 0. The van der Waals surface area contributed by atoms with Crippen LogP contribution in [0.25, 0.3) is 5.76 Å². The fourth-order valence-electron chi connectivity index (χ4n) is 4.21. The van der Waals surface area contributed by atoms with Crippen molar-refractivity contribution < 1.29 is 24.2 Å². The third-order valence-corrected chi connectivity index (χ3v) is 6.08. The third-order valence-electron chi connectivity index (χ3n) is 6.08. The molecule has 1 heterocycles. The van der Waals surface area contributed by atoms with Crippen LogP contribution in [0.1, 0.15) is 35.2 Å². The van der Waals surface area contributed by atoms with Crippen molar-refractivity contribution in [3.05, 3.63) is 94.6 Å². The molecule has 3 aromatic rings. The van der Waals surface area contributed by atoms with E-state index in [0.717, 1.165) is 11.1 Å². The number of aliphatic hydroxyl groups is 1. The van der Waals surface area contributed by atoms with Crippen molar-refractivity contribution in [1.29, 1.82) is 0 Å². The zero-order chi connectivity index (χ0) is 25.3. The maximum absolute atomic E-state index is 13.4. The highest BCUT2D eigenvalue weighted by Crippen LogP contribution is 2.43. The van der Waals surface area contributed by atoms with Gasteiger partial charge in [0, 0.05) is 23.9 Å². The standard InChI is InChI=1S/C28H26N2O5/c1-16-11-12-20(13-17(16)2)26(32)24-25(19-7-5-10-23(14-19)35-4)30(28(34)27(24)33)22-9-6-8-21(15-22)29-18(3)31/h5-15,25,32H,1-4H3,(H,29,31)/b26-24+. The number of aliphatic hydroxyl groups excluding tert-OH is 1. The Labute approximate surface area is 203 Å². The van der Waals surface area contributed by atoms with Gasteiger partial charge in [0.05, 0.1) is 18.7 Å². The number of amides is 2. The van der Waals surface area contributed by atoms with Crippen LogP contribution in [-0.4, -0.2) is 29.8 Å². The van der Waals surface area contributed by atoms with E-state index in [4.69, 9.17) is 4.74 Å². The van der Waals surface area contributed by atoms with Crippen LogP contribution < -0.4 is 15.0 Å². The number of carbonyl (C=O) groups excluding carboxylic acids is 3. The lowest BCUT2D eigenvalue weighted by molar-refractivity contribution is -0.132. The summed E-state index contributed by atoms with van der Waals surface area (Å²) in [6.45, 7) is 5.26. The molecule has 1 fully saturated rings. The summed E-state index contributed by atoms with van der Waals surface area (Å²) in [4.78, 5) is 39.6. The number of hydrogen-bond donors (Lipinski definition) is 2. The van der Waals surface area contributed by atoms with E-state index in [1.54, 1.807) is 60.7 Å². The van der Waals surface area contributed by atoms with Crippen LogP contribution in [0.2, 0.25) is 0 Å². The number of rotatable bonds is 5. The molecule has 3 aromatic carbocycles. The first-order valence-corrected chi connectivity index (χ1v) is 11.1. The van der Waals surface area contributed by atoms with E-state index < -0.39 is 17.7 Å². The monoisotopic (exact) mass is 470 g/mol.